The van der Waals surface area contributed by atoms with Crippen LogP contribution >= 0.6 is 0 Å². The highest BCUT2D eigenvalue weighted by Crippen LogP contribution is 2.19. The lowest BCUT2D eigenvalue weighted by atomic mass is 9.87. The van der Waals surface area contributed by atoms with Gasteiger partial charge >= 0.3 is 6.03 Å². The zero-order valence-electron chi connectivity index (χ0n) is 12.3. The van der Waals surface area contributed by atoms with E-state index in [2.05, 4.69) is 10.6 Å². The number of anilines is 1. The summed E-state index contributed by atoms with van der Waals surface area (Å²) in [6.07, 6.45) is 1.58. The fourth-order valence-corrected chi connectivity index (χ4v) is 2.18. The van der Waals surface area contributed by atoms with Gasteiger partial charge in [0.05, 0.1) is 12.6 Å². The first-order valence-electron chi connectivity index (χ1n) is 6.36. The third kappa shape index (κ3) is 4.94. The van der Waals surface area contributed by atoms with Gasteiger partial charge in [-0.1, -0.05) is 26.8 Å². The molecule has 2 amide bonds. The van der Waals surface area contributed by atoms with Gasteiger partial charge in [0, 0.05) is 27.6 Å². The smallest absolute Gasteiger partial charge is 0.319 e. The molecule has 112 valence electrons. The molecule has 2 atom stereocenters. The van der Waals surface area contributed by atoms with E-state index in [-0.39, 0.29) is 18.1 Å². The topological polar surface area (TPSA) is 78.4 Å². The lowest BCUT2D eigenvalue weighted by molar-refractivity contribution is 0.162. The first kappa shape index (κ1) is 16.7. The average Bonchev–Trinajstić information content (AvgIpc) is 2.34. The standard InChI is InChI=1S/C14H22N2O3S/c1-14(2,3)12(9-17)16-13(18)15-10-6-5-7-11(8-10)20(4)19/h5-8,12,17H,9H2,1-4H3,(H2,15,16,18)/t12-,20+/m1/s1. The van der Waals surface area contributed by atoms with Gasteiger partial charge in [0.25, 0.3) is 0 Å². The van der Waals surface area contributed by atoms with Crippen molar-refractivity contribution in [3.63, 3.8) is 0 Å². The van der Waals surface area contributed by atoms with E-state index < -0.39 is 16.8 Å². The zero-order chi connectivity index (χ0) is 15.3. The predicted molar refractivity (Wildman–Crippen MR) is 81.3 cm³/mol. The molecule has 0 radical (unpaired) electrons. The minimum atomic E-state index is -1.09. The summed E-state index contributed by atoms with van der Waals surface area (Å²) >= 11 is 0. The van der Waals surface area contributed by atoms with Gasteiger partial charge in [0.15, 0.2) is 0 Å². The Morgan fingerprint density at radius 1 is 1.40 bits per heavy atom. The number of urea groups is 1. The van der Waals surface area contributed by atoms with Crippen molar-refractivity contribution in [1.82, 2.24) is 5.32 Å². The van der Waals surface area contributed by atoms with Gasteiger partial charge in [-0.25, -0.2) is 4.79 Å². The van der Waals surface area contributed by atoms with Crippen LogP contribution in [-0.4, -0.2) is 34.3 Å². The number of carbonyl (C=O) groups excluding carboxylic acids is 1. The van der Waals surface area contributed by atoms with Gasteiger partial charge < -0.3 is 15.7 Å². The van der Waals surface area contributed by atoms with E-state index in [0.717, 1.165) is 0 Å². The minimum absolute atomic E-state index is 0.129. The molecule has 0 heterocycles. The molecule has 5 nitrogen and oxygen atoms in total. The molecule has 1 aromatic carbocycles. The van der Waals surface area contributed by atoms with Crippen molar-refractivity contribution in [1.29, 1.82) is 0 Å². The van der Waals surface area contributed by atoms with Crippen LogP contribution < -0.4 is 10.6 Å². The van der Waals surface area contributed by atoms with E-state index in [1.807, 2.05) is 20.8 Å². The number of aliphatic hydroxyl groups excluding tert-OH is 1. The normalized spacial score (nSPS) is 14.4. The first-order chi connectivity index (χ1) is 9.24. The summed E-state index contributed by atoms with van der Waals surface area (Å²) in [4.78, 5) is 12.6. The summed E-state index contributed by atoms with van der Waals surface area (Å²) in [5.41, 5.74) is 0.333. The molecule has 3 N–H and O–H groups in total. The maximum atomic E-state index is 11.9. The van der Waals surface area contributed by atoms with E-state index in [1.165, 1.54) is 0 Å². The number of hydrogen-bond donors (Lipinski definition) is 3. The monoisotopic (exact) mass is 298 g/mol. The molecule has 0 spiro atoms. The van der Waals surface area contributed by atoms with Crippen molar-refractivity contribution < 1.29 is 14.1 Å². The van der Waals surface area contributed by atoms with Gasteiger partial charge in [-0.15, -0.1) is 0 Å². The van der Waals surface area contributed by atoms with Gasteiger partial charge in [0.1, 0.15) is 0 Å². The van der Waals surface area contributed by atoms with Crippen LogP contribution in [0.1, 0.15) is 20.8 Å². The van der Waals surface area contributed by atoms with Crippen LogP contribution in [0.15, 0.2) is 29.2 Å². The van der Waals surface area contributed by atoms with Crippen molar-refractivity contribution >= 4 is 22.5 Å². The number of benzene rings is 1. The van der Waals surface area contributed by atoms with Crippen LogP contribution in [0.4, 0.5) is 10.5 Å². The molecule has 0 aliphatic carbocycles. The number of carbonyl (C=O) groups is 1. The van der Waals surface area contributed by atoms with E-state index >= 15 is 0 Å². The number of aliphatic hydroxyl groups is 1. The Hall–Kier alpha value is -1.40. The van der Waals surface area contributed by atoms with Crippen LogP contribution in [0.2, 0.25) is 0 Å². The van der Waals surface area contributed by atoms with Crippen LogP contribution in [0, 0.1) is 5.41 Å². The second-order valence-electron chi connectivity index (χ2n) is 5.68. The molecule has 20 heavy (non-hydrogen) atoms. The van der Waals surface area contributed by atoms with E-state index in [0.29, 0.717) is 10.6 Å². The lowest BCUT2D eigenvalue weighted by Crippen LogP contribution is -2.47. The second kappa shape index (κ2) is 6.85. The van der Waals surface area contributed by atoms with Crippen molar-refractivity contribution in [2.24, 2.45) is 5.41 Å². The summed E-state index contributed by atoms with van der Waals surface area (Å²) in [6.45, 7) is 5.69. The summed E-state index contributed by atoms with van der Waals surface area (Å²) < 4.78 is 11.4. The van der Waals surface area contributed by atoms with Gasteiger partial charge in [-0.05, 0) is 23.6 Å². The fourth-order valence-electron chi connectivity index (χ4n) is 1.61. The van der Waals surface area contributed by atoms with Crippen molar-refractivity contribution in [3.8, 4) is 0 Å². The van der Waals surface area contributed by atoms with Crippen molar-refractivity contribution in [3.05, 3.63) is 24.3 Å². The second-order valence-corrected chi connectivity index (χ2v) is 7.06. The highest BCUT2D eigenvalue weighted by atomic mass is 32.2. The molecular formula is C14H22N2O3S. The van der Waals surface area contributed by atoms with Crippen molar-refractivity contribution in [2.75, 3.05) is 18.2 Å². The molecule has 0 aliphatic heterocycles. The van der Waals surface area contributed by atoms with E-state index in [9.17, 15) is 14.1 Å². The van der Waals surface area contributed by atoms with Crippen LogP contribution in [-0.2, 0) is 10.8 Å². The number of hydrogen-bond acceptors (Lipinski definition) is 3. The molecule has 0 fully saturated rings. The van der Waals surface area contributed by atoms with E-state index in [1.54, 1.807) is 30.5 Å². The lowest BCUT2D eigenvalue weighted by Gasteiger charge is -2.29. The van der Waals surface area contributed by atoms with E-state index in [4.69, 9.17) is 0 Å². The van der Waals surface area contributed by atoms with Gasteiger partial charge in [0.2, 0.25) is 0 Å². The zero-order valence-corrected chi connectivity index (χ0v) is 13.1. The maximum absolute atomic E-state index is 11.9. The summed E-state index contributed by atoms with van der Waals surface area (Å²) in [6, 6.07) is 6.13. The molecule has 1 aromatic rings. The Kier molecular flexibility index (Phi) is 5.71. The Morgan fingerprint density at radius 2 is 2.05 bits per heavy atom. The molecular weight excluding hydrogens is 276 g/mol. The molecule has 6 heteroatoms. The number of rotatable bonds is 4. The van der Waals surface area contributed by atoms with Gasteiger partial charge in [-0.3, -0.25) is 4.21 Å². The Morgan fingerprint density at radius 3 is 2.55 bits per heavy atom. The Balaban J connectivity index is 2.71. The quantitative estimate of drug-likeness (QED) is 0.795. The summed E-state index contributed by atoms with van der Waals surface area (Å²) in [5.74, 6) is 0. The highest BCUT2D eigenvalue weighted by molar-refractivity contribution is 7.84. The maximum Gasteiger partial charge on any atom is 0.319 e. The van der Waals surface area contributed by atoms with Crippen LogP contribution in [0.3, 0.4) is 0 Å². The largest absolute Gasteiger partial charge is 0.394 e. The minimum Gasteiger partial charge on any atom is -0.394 e. The summed E-state index contributed by atoms with van der Waals surface area (Å²) in [5, 5.41) is 14.7. The number of amides is 2. The molecule has 1 rings (SSSR count). The third-order valence-corrected chi connectivity index (χ3v) is 3.87. The molecule has 0 aliphatic rings. The van der Waals surface area contributed by atoms with Crippen LogP contribution in [0.5, 0.6) is 0 Å². The molecule has 0 saturated carbocycles. The number of nitrogens with one attached hydrogen (secondary N) is 2. The molecule has 0 saturated heterocycles. The third-order valence-electron chi connectivity index (χ3n) is 2.96. The Bertz CT molecular complexity index is 497. The Labute approximate surface area is 122 Å². The summed E-state index contributed by atoms with van der Waals surface area (Å²) in [7, 11) is -1.09. The SMILES string of the molecule is C[S@](=O)c1cccc(NC(=O)N[C@H](CO)C(C)(C)C)c1. The first-order valence-corrected chi connectivity index (χ1v) is 7.91. The fraction of sp³-hybridized carbons (Fsp3) is 0.500. The highest BCUT2D eigenvalue weighted by Gasteiger charge is 2.25. The molecule has 0 aromatic heterocycles. The molecule has 0 bridgehead atoms. The predicted octanol–water partition coefficient (Wildman–Crippen LogP) is 1.95. The van der Waals surface area contributed by atoms with Crippen molar-refractivity contribution in [2.45, 2.75) is 31.7 Å². The van der Waals surface area contributed by atoms with Gasteiger partial charge in [-0.2, -0.15) is 0 Å². The van der Waals surface area contributed by atoms with Crippen LogP contribution in [0.25, 0.3) is 0 Å². The molecule has 0 unspecified atom stereocenters. The average molecular weight is 298 g/mol.